The molecule has 26 heavy (non-hydrogen) atoms. The molecule has 2 heterocycles. The van der Waals surface area contributed by atoms with Crippen molar-refractivity contribution >= 4 is 5.65 Å². The van der Waals surface area contributed by atoms with Gasteiger partial charge >= 0.3 is 0 Å². The van der Waals surface area contributed by atoms with E-state index in [1.807, 2.05) is 12.1 Å². The molecule has 0 spiro atoms. The Bertz CT molecular complexity index is 847. The maximum absolute atomic E-state index is 5.87. The lowest BCUT2D eigenvalue weighted by molar-refractivity contribution is 0.289. The third-order valence-electron chi connectivity index (χ3n) is 5.17. The lowest BCUT2D eigenvalue weighted by atomic mass is 9.96. The fourth-order valence-corrected chi connectivity index (χ4v) is 3.68. The Morgan fingerprint density at radius 3 is 2.73 bits per heavy atom. The molecular formula is C22H27N3O. The molecule has 1 aromatic carbocycles. The maximum Gasteiger partial charge on any atom is 0.137 e. The van der Waals surface area contributed by atoms with E-state index in [2.05, 4.69) is 53.3 Å². The van der Waals surface area contributed by atoms with Crippen LogP contribution in [-0.4, -0.2) is 28.6 Å². The molecule has 3 aromatic rings. The van der Waals surface area contributed by atoms with Crippen molar-refractivity contribution in [1.82, 2.24) is 14.7 Å². The van der Waals surface area contributed by atoms with Crippen LogP contribution in [0.25, 0.3) is 16.9 Å². The fourth-order valence-electron chi connectivity index (χ4n) is 3.68. The molecule has 0 amide bonds. The summed E-state index contributed by atoms with van der Waals surface area (Å²) in [6.07, 6.45) is 10.9. The highest BCUT2D eigenvalue weighted by Gasteiger charge is 2.12. The fraction of sp³-hybridized carbons (Fsp3) is 0.409. The zero-order valence-electron chi connectivity index (χ0n) is 15.4. The largest absolute Gasteiger partial charge is 0.492 e. The first-order valence-electron chi connectivity index (χ1n) is 9.70. The zero-order valence-corrected chi connectivity index (χ0v) is 15.4. The molecule has 0 atom stereocenters. The molecule has 0 saturated heterocycles. The number of pyridine rings is 1. The number of nitrogens with one attached hydrogen (secondary N) is 1. The van der Waals surface area contributed by atoms with Gasteiger partial charge in [-0.3, -0.25) is 0 Å². The predicted molar refractivity (Wildman–Crippen MR) is 106 cm³/mol. The standard InChI is InChI=1S/C22H27N3O/c1-17-11-13-25-16-21(24-22(25)15-17)18-7-9-20(10-8-18)26-14-12-23-19-5-3-2-4-6-19/h7-11,13,15-16,19,23H,2-6,12,14H2,1H3. The van der Waals surface area contributed by atoms with Crippen molar-refractivity contribution in [3.05, 3.63) is 54.4 Å². The molecule has 4 heteroatoms. The van der Waals surface area contributed by atoms with Crippen LogP contribution in [0, 0.1) is 6.92 Å². The minimum atomic E-state index is 0.688. The van der Waals surface area contributed by atoms with E-state index in [4.69, 9.17) is 9.72 Å². The summed E-state index contributed by atoms with van der Waals surface area (Å²) in [7, 11) is 0. The third kappa shape index (κ3) is 4.07. The van der Waals surface area contributed by atoms with Crippen molar-refractivity contribution < 1.29 is 4.74 Å². The Hall–Kier alpha value is -2.33. The van der Waals surface area contributed by atoms with Gasteiger partial charge in [0.25, 0.3) is 0 Å². The molecule has 0 unspecified atom stereocenters. The average Bonchev–Trinajstić information content (AvgIpc) is 3.10. The summed E-state index contributed by atoms with van der Waals surface area (Å²) in [5, 5.41) is 3.61. The van der Waals surface area contributed by atoms with E-state index in [0.29, 0.717) is 12.6 Å². The third-order valence-corrected chi connectivity index (χ3v) is 5.17. The summed E-state index contributed by atoms with van der Waals surface area (Å²) < 4.78 is 7.93. The summed E-state index contributed by atoms with van der Waals surface area (Å²) in [6, 6.07) is 13.1. The van der Waals surface area contributed by atoms with Gasteiger partial charge in [0.2, 0.25) is 0 Å². The zero-order chi connectivity index (χ0) is 17.8. The van der Waals surface area contributed by atoms with Gasteiger partial charge in [0.05, 0.1) is 5.69 Å². The van der Waals surface area contributed by atoms with Crippen LogP contribution in [0.2, 0.25) is 0 Å². The van der Waals surface area contributed by atoms with Crippen molar-refractivity contribution in [2.45, 2.75) is 45.1 Å². The molecule has 0 radical (unpaired) electrons. The van der Waals surface area contributed by atoms with E-state index in [9.17, 15) is 0 Å². The number of imidazole rings is 1. The molecule has 1 saturated carbocycles. The van der Waals surface area contributed by atoms with Crippen molar-refractivity contribution in [2.75, 3.05) is 13.2 Å². The number of fused-ring (bicyclic) bond motifs is 1. The van der Waals surface area contributed by atoms with Crippen LogP contribution < -0.4 is 10.1 Å². The number of ether oxygens (including phenoxy) is 1. The molecule has 4 rings (SSSR count). The van der Waals surface area contributed by atoms with E-state index in [0.717, 1.165) is 29.2 Å². The smallest absolute Gasteiger partial charge is 0.137 e. The molecule has 136 valence electrons. The SMILES string of the molecule is Cc1ccn2cc(-c3ccc(OCCNC4CCCCC4)cc3)nc2c1. The molecular weight excluding hydrogens is 322 g/mol. The van der Waals surface area contributed by atoms with E-state index in [1.54, 1.807) is 0 Å². The molecule has 1 aliphatic rings. The second-order valence-electron chi connectivity index (χ2n) is 7.26. The van der Waals surface area contributed by atoms with Crippen LogP contribution in [0.4, 0.5) is 0 Å². The first-order valence-corrected chi connectivity index (χ1v) is 9.70. The van der Waals surface area contributed by atoms with E-state index < -0.39 is 0 Å². The summed E-state index contributed by atoms with van der Waals surface area (Å²) in [6.45, 7) is 3.71. The van der Waals surface area contributed by atoms with Crippen molar-refractivity contribution in [1.29, 1.82) is 0 Å². The van der Waals surface area contributed by atoms with Crippen molar-refractivity contribution in [3.63, 3.8) is 0 Å². The van der Waals surface area contributed by atoms with Gasteiger partial charge in [-0.15, -0.1) is 0 Å². The highest BCUT2D eigenvalue weighted by molar-refractivity contribution is 5.63. The molecule has 0 aliphatic heterocycles. The van der Waals surface area contributed by atoms with Crippen LogP contribution in [0.15, 0.2) is 48.8 Å². The molecule has 4 nitrogen and oxygen atoms in total. The quantitative estimate of drug-likeness (QED) is 0.661. The number of aromatic nitrogens is 2. The highest BCUT2D eigenvalue weighted by atomic mass is 16.5. The molecule has 1 N–H and O–H groups in total. The van der Waals surface area contributed by atoms with Gasteiger partial charge in [-0.2, -0.15) is 0 Å². The van der Waals surface area contributed by atoms with E-state index >= 15 is 0 Å². The monoisotopic (exact) mass is 349 g/mol. The summed E-state index contributed by atoms with van der Waals surface area (Å²) in [5.41, 5.74) is 4.30. The van der Waals surface area contributed by atoms with E-state index in [-0.39, 0.29) is 0 Å². The summed E-state index contributed by atoms with van der Waals surface area (Å²) >= 11 is 0. The van der Waals surface area contributed by atoms with Gasteiger partial charge in [0.15, 0.2) is 0 Å². The predicted octanol–water partition coefficient (Wildman–Crippen LogP) is 4.61. The van der Waals surface area contributed by atoms with Crippen molar-refractivity contribution in [3.8, 4) is 17.0 Å². The molecule has 1 aliphatic carbocycles. The second kappa shape index (κ2) is 7.92. The van der Waals surface area contributed by atoms with Crippen LogP contribution in [-0.2, 0) is 0 Å². The van der Waals surface area contributed by atoms with Crippen LogP contribution in [0.3, 0.4) is 0 Å². The Morgan fingerprint density at radius 2 is 1.92 bits per heavy atom. The number of nitrogens with zero attached hydrogens (tertiary/aromatic N) is 2. The summed E-state index contributed by atoms with van der Waals surface area (Å²) in [4.78, 5) is 4.71. The van der Waals surface area contributed by atoms with Gasteiger partial charge in [-0.25, -0.2) is 4.98 Å². The normalized spacial score (nSPS) is 15.4. The lowest BCUT2D eigenvalue weighted by Crippen LogP contribution is -2.34. The number of aryl methyl sites for hydroxylation is 1. The number of benzene rings is 1. The second-order valence-corrected chi connectivity index (χ2v) is 7.26. The Morgan fingerprint density at radius 1 is 1.12 bits per heavy atom. The Labute approximate surface area is 155 Å². The van der Waals surface area contributed by atoms with Gasteiger partial charge in [-0.05, 0) is 61.7 Å². The van der Waals surface area contributed by atoms with Gasteiger partial charge in [-0.1, -0.05) is 19.3 Å². The summed E-state index contributed by atoms with van der Waals surface area (Å²) in [5.74, 6) is 0.916. The number of rotatable bonds is 6. The lowest BCUT2D eigenvalue weighted by Gasteiger charge is -2.22. The minimum absolute atomic E-state index is 0.688. The van der Waals surface area contributed by atoms with E-state index in [1.165, 1.54) is 37.7 Å². The first-order chi connectivity index (χ1) is 12.8. The maximum atomic E-state index is 5.87. The average molecular weight is 349 g/mol. The number of hydrogen-bond donors (Lipinski definition) is 1. The topological polar surface area (TPSA) is 38.6 Å². The minimum Gasteiger partial charge on any atom is -0.492 e. The van der Waals surface area contributed by atoms with Crippen molar-refractivity contribution in [2.24, 2.45) is 0 Å². The van der Waals surface area contributed by atoms with Gasteiger partial charge < -0.3 is 14.5 Å². The van der Waals surface area contributed by atoms with Crippen LogP contribution in [0.1, 0.15) is 37.7 Å². The molecule has 2 aromatic heterocycles. The van der Waals surface area contributed by atoms with Crippen LogP contribution in [0.5, 0.6) is 5.75 Å². The number of hydrogen-bond acceptors (Lipinski definition) is 3. The molecule has 0 bridgehead atoms. The highest BCUT2D eigenvalue weighted by Crippen LogP contribution is 2.22. The Kier molecular flexibility index (Phi) is 5.21. The van der Waals surface area contributed by atoms with Gasteiger partial charge in [0, 0.05) is 30.5 Å². The van der Waals surface area contributed by atoms with Gasteiger partial charge in [0.1, 0.15) is 18.0 Å². The first kappa shape index (κ1) is 17.1. The Balaban J connectivity index is 1.32. The molecule has 1 fully saturated rings. The van der Waals surface area contributed by atoms with Crippen LogP contribution >= 0.6 is 0 Å².